The minimum atomic E-state index is 0.169. The van der Waals surface area contributed by atoms with E-state index in [-0.39, 0.29) is 11.7 Å². The Morgan fingerprint density at radius 3 is 2.35 bits per heavy atom. The Bertz CT molecular complexity index is 492. The van der Waals surface area contributed by atoms with Crippen LogP contribution in [-0.2, 0) is 0 Å². The molecule has 0 aliphatic heterocycles. The van der Waals surface area contributed by atoms with Crippen molar-refractivity contribution in [3.8, 4) is 11.5 Å². The lowest BCUT2D eigenvalue weighted by Crippen LogP contribution is -1.96. The first-order chi connectivity index (χ1) is 8.22. The zero-order chi connectivity index (χ0) is 12.3. The second kappa shape index (κ2) is 4.91. The topological polar surface area (TPSA) is 29.5 Å². The van der Waals surface area contributed by atoms with Gasteiger partial charge < -0.3 is 9.84 Å². The van der Waals surface area contributed by atoms with Crippen molar-refractivity contribution in [3.05, 3.63) is 59.7 Å². The number of ether oxygens (including phenoxy) is 1. The second-order valence-corrected chi connectivity index (χ2v) is 4.06. The van der Waals surface area contributed by atoms with Gasteiger partial charge in [0.1, 0.15) is 11.5 Å². The molecular formula is C15H16O2. The standard InChI is InChI=1S/C15H16O2/c1-11(12-6-4-3-5-7-12)14-9-8-13(17-2)10-15(14)16/h3-11,16H,1-2H3. The maximum Gasteiger partial charge on any atom is 0.123 e. The van der Waals surface area contributed by atoms with Gasteiger partial charge in [-0.2, -0.15) is 0 Å². The van der Waals surface area contributed by atoms with E-state index in [1.807, 2.05) is 30.3 Å². The average Bonchev–Trinajstić information content (AvgIpc) is 2.39. The highest BCUT2D eigenvalue weighted by Gasteiger charge is 2.12. The van der Waals surface area contributed by atoms with Crippen molar-refractivity contribution in [2.45, 2.75) is 12.8 Å². The highest BCUT2D eigenvalue weighted by molar-refractivity contribution is 5.45. The quantitative estimate of drug-likeness (QED) is 0.870. The summed E-state index contributed by atoms with van der Waals surface area (Å²) < 4.78 is 5.08. The number of hydrogen-bond donors (Lipinski definition) is 1. The molecule has 0 fully saturated rings. The molecule has 1 unspecified atom stereocenters. The van der Waals surface area contributed by atoms with E-state index in [1.54, 1.807) is 13.2 Å². The third-order valence-corrected chi connectivity index (χ3v) is 3.00. The van der Waals surface area contributed by atoms with E-state index in [9.17, 15) is 5.11 Å². The van der Waals surface area contributed by atoms with Crippen LogP contribution in [0.15, 0.2) is 48.5 Å². The lowest BCUT2D eigenvalue weighted by Gasteiger charge is -2.14. The summed E-state index contributed by atoms with van der Waals surface area (Å²) in [5.74, 6) is 1.12. The number of phenolic OH excluding ortho intramolecular Hbond substituents is 1. The molecule has 1 atom stereocenters. The van der Waals surface area contributed by atoms with Crippen LogP contribution in [0.3, 0.4) is 0 Å². The fourth-order valence-electron chi connectivity index (χ4n) is 1.94. The molecule has 0 saturated heterocycles. The van der Waals surface area contributed by atoms with Gasteiger partial charge in [-0.1, -0.05) is 43.3 Å². The molecule has 88 valence electrons. The van der Waals surface area contributed by atoms with Crippen molar-refractivity contribution >= 4 is 0 Å². The van der Waals surface area contributed by atoms with Gasteiger partial charge in [-0.3, -0.25) is 0 Å². The minimum absolute atomic E-state index is 0.169. The number of phenols is 1. The van der Waals surface area contributed by atoms with Crippen molar-refractivity contribution in [3.63, 3.8) is 0 Å². The van der Waals surface area contributed by atoms with Gasteiger partial charge in [0.25, 0.3) is 0 Å². The smallest absolute Gasteiger partial charge is 0.123 e. The molecule has 0 radical (unpaired) electrons. The second-order valence-electron chi connectivity index (χ2n) is 4.06. The molecule has 2 nitrogen and oxygen atoms in total. The van der Waals surface area contributed by atoms with E-state index in [0.717, 1.165) is 5.56 Å². The van der Waals surface area contributed by atoms with Crippen molar-refractivity contribution in [1.82, 2.24) is 0 Å². The molecule has 2 aromatic carbocycles. The molecule has 2 heteroatoms. The van der Waals surface area contributed by atoms with Crippen LogP contribution in [0.4, 0.5) is 0 Å². The van der Waals surface area contributed by atoms with Crippen LogP contribution in [0.1, 0.15) is 24.0 Å². The first-order valence-corrected chi connectivity index (χ1v) is 5.64. The van der Waals surface area contributed by atoms with Crippen LogP contribution in [-0.4, -0.2) is 12.2 Å². The number of rotatable bonds is 3. The zero-order valence-corrected chi connectivity index (χ0v) is 10.1. The number of methoxy groups -OCH3 is 1. The maximum absolute atomic E-state index is 9.97. The van der Waals surface area contributed by atoms with Crippen LogP contribution < -0.4 is 4.74 Å². The number of aromatic hydroxyl groups is 1. The summed E-state index contributed by atoms with van der Waals surface area (Å²) in [5, 5.41) is 9.97. The fraction of sp³-hybridized carbons (Fsp3) is 0.200. The van der Waals surface area contributed by atoms with Gasteiger partial charge in [0.05, 0.1) is 7.11 Å². The van der Waals surface area contributed by atoms with Gasteiger partial charge in [0, 0.05) is 17.5 Å². The molecule has 0 aliphatic rings. The van der Waals surface area contributed by atoms with E-state index >= 15 is 0 Å². The van der Waals surface area contributed by atoms with E-state index in [1.165, 1.54) is 5.56 Å². The monoisotopic (exact) mass is 228 g/mol. The first-order valence-electron chi connectivity index (χ1n) is 5.64. The van der Waals surface area contributed by atoms with E-state index in [4.69, 9.17) is 4.74 Å². The molecule has 17 heavy (non-hydrogen) atoms. The summed E-state index contributed by atoms with van der Waals surface area (Å²) in [6.45, 7) is 2.08. The zero-order valence-electron chi connectivity index (χ0n) is 10.1. The molecule has 0 heterocycles. The average molecular weight is 228 g/mol. The molecule has 0 aliphatic carbocycles. The Hall–Kier alpha value is -1.96. The Labute approximate surface area is 101 Å². The maximum atomic E-state index is 9.97. The minimum Gasteiger partial charge on any atom is -0.508 e. The third kappa shape index (κ3) is 2.41. The van der Waals surface area contributed by atoms with Gasteiger partial charge >= 0.3 is 0 Å². The van der Waals surface area contributed by atoms with Crippen molar-refractivity contribution < 1.29 is 9.84 Å². The first kappa shape index (κ1) is 11.5. The lowest BCUT2D eigenvalue weighted by molar-refractivity contribution is 0.406. The molecular weight excluding hydrogens is 212 g/mol. The molecule has 0 spiro atoms. The van der Waals surface area contributed by atoms with Crippen molar-refractivity contribution in [2.75, 3.05) is 7.11 Å². The van der Waals surface area contributed by atoms with Gasteiger partial charge in [0.15, 0.2) is 0 Å². The molecule has 2 rings (SSSR count). The Morgan fingerprint density at radius 1 is 1.06 bits per heavy atom. The van der Waals surface area contributed by atoms with Crippen molar-refractivity contribution in [1.29, 1.82) is 0 Å². The van der Waals surface area contributed by atoms with Crippen LogP contribution in [0.5, 0.6) is 11.5 Å². The molecule has 1 N–H and O–H groups in total. The highest BCUT2D eigenvalue weighted by Crippen LogP contribution is 2.33. The van der Waals surface area contributed by atoms with E-state index < -0.39 is 0 Å². The van der Waals surface area contributed by atoms with Crippen LogP contribution >= 0.6 is 0 Å². The van der Waals surface area contributed by atoms with E-state index in [2.05, 4.69) is 19.1 Å². The number of hydrogen-bond acceptors (Lipinski definition) is 2. The molecule has 0 saturated carbocycles. The molecule has 0 bridgehead atoms. The third-order valence-electron chi connectivity index (χ3n) is 3.00. The summed E-state index contributed by atoms with van der Waals surface area (Å²) in [5.41, 5.74) is 2.10. The largest absolute Gasteiger partial charge is 0.508 e. The Balaban J connectivity index is 2.34. The predicted molar refractivity (Wildman–Crippen MR) is 68.6 cm³/mol. The summed E-state index contributed by atoms with van der Waals surface area (Å²) >= 11 is 0. The van der Waals surface area contributed by atoms with Crippen molar-refractivity contribution in [2.24, 2.45) is 0 Å². The fourth-order valence-corrected chi connectivity index (χ4v) is 1.94. The summed E-state index contributed by atoms with van der Waals surface area (Å²) in [4.78, 5) is 0. The SMILES string of the molecule is COc1ccc(C(C)c2ccccc2)c(O)c1. The van der Waals surface area contributed by atoms with Gasteiger partial charge in [-0.25, -0.2) is 0 Å². The molecule has 0 aromatic heterocycles. The van der Waals surface area contributed by atoms with Gasteiger partial charge in [-0.15, -0.1) is 0 Å². The number of benzene rings is 2. The van der Waals surface area contributed by atoms with Crippen LogP contribution in [0.2, 0.25) is 0 Å². The van der Waals surface area contributed by atoms with Crippen LogP contribution in [0, 0.1) is 0 Å². The highest BCUT2D eigenvalue weighted by atomic mass is 16.5. The van der Waals surface area contributed by atoms with Gasteiger partial charge in [-0.05, 0) is 11.6 Å². The molecule has 0 amide bonds. The summed E-state index contributed by atoms with van der Waals surface area (Å²) in [6, 6.07) is 15.6. The summed E-state index contributed by atoms with van der Waals surface area (Å²) in [6.07, 6.45) is 0. The predicted octanol–water partition coefficient (Wildman–Crippen LogP) is 3.55. The van der Waals surface area contributed by atoms with Gasteiger partial charge in [0.2, 0.25) is 0 Å². The molecule has 2 aromatic rings. The van der Waals surface area contributed by atoms with Crippen LogP contribution in [0.25, 0.3) is 0 Å². The normalized spacial score (nSPS) is 12.1. The lowest BCUT2D eigenvalue weighted by atomic mass is 9.92. The Morgan fingerprint density at radius 2 is 1.76 bits per heavy atom. The van der Waals surface area contributed by atoms with E-state index in [0.29, 0.717) is 5.75 Å². The summed E-state index contributed by atoms with van der Waals surface area (Å²) in [7, 11) is 1.59. The Kier molecular flexibility index (Phi) is 3.33.